The van der Waals surface area contributed by atoms with Crippen LogP contribution in [-0.4, -0.2) is 21.0 Å². The first-order chi connectivity index (χ1) is 12.5. The minimum absolute atomic E-state index is 0.0928. The first-order valence-electron chi connectivity index (χ1n) is 7.92. The van der Waals surface area contributed by atoms with Crippen molar-refractivity contribution in [1.29, 1.82) is 0 Å². The summed E-state index contributed by atoms with van der Waals surface area (Å²) >= 11 is 2.94. The molecule has 8 heteroatoms. The van der Waals surface area contributed by atoms with Gasteiger partial charge in [-0.1, -0.05) is 47.8 Å². The number of nitrogens with zero attached hydrogens (tertiary/aromatic N) is 2. The summed E-state index contributed by atoms with van der Waals surface area (Å²) in [7, 11) is 0. The van der Waals surface area contributed by atoms with Gasteiger partial charge in [0.25, 0.3) is 5.69 Å². The largest absolute Gasteiger partial charge is 0.319 e. The number of amides is 1. The molecule has 0 atom stereocenters. The fourth-order valence-corrected chi connectivity index (χ4v) is 4.36. The molecule has 0 bridgehead atoms. The third kappa shape index (κ3) is 4.08. The Bertz CT molecular complexity index is 913. The highest BCUT2D eigenvalue weighted by Gasteiger charge is 2.20. The number of para-hydroxylation sites is 1. The molecule has 134 valence electrons. The highest BCUT2D eigenvalue weighted by molar-refractivity contribution is 8.38. The third-order valence-corrected chi connectivity index (χ3v) is 6.30. The number of aliphatic imine (C=N–C) groups is 1. The molecule has 0 unspecified atom stereocenters. The second kappa shape index (κ2) is 7.92. The van der Waals surface area contributed by atoms with Crippen LogP contribution >= 0.6 is 23.5 Å². The van der Waals surface area contributed by atoms with Crippen LogP contribution in [0.4, 0.5) is 17.1 Å². The second-order valence-electron chi connectivity index (χ2n) is 5.79. The number of hydrogen-bond donors (Lipinski definition) is 1. The molecule has 0 fully saturated rings. The Morgan fingerprint density at radius 2 is 2.08 bits per heavy atom. The summed E-state index contributed by atoms with van der Waals surface area (Å²) in [4.78, 5) is 27.6. The van der Waals surface area contributed by atoms with E-state index in [1.54, 1.807) is 24.8 Å². The predicted octanol–water partition coefficient (Wildman–Crippen LogP) is 4.82. The van der Waals surface area contributed by atoms with Gasteiger partial charge in [0.05, 0.1) is 16.4 Å². The van der Waals surface area contributed by atoms with Gasteiger partial charge in [-0.25, -0.2) is 4.99 Å². The number of nitro benzene ring substituents is 1. The van der Waals surface area contributed by atoms with Crippen LogP contribution in [0.15, 0.2) is 41.4 Å². The Labute approximate surface area is 159 Å². The van der Waals surface area contributed by atoms with E-state index in [0.29, 0.717) is 5.56 Å². The first kappa shape index (κ1) is 18.5. The molecular formula is C18H17N3O3S2. The van der Waals surface area contributed by atoms with E-state index < -0.39 is 4.92 Å². The van der Waals surface area contributed by atoms with E-state index in [1.807, 2.05) is 31.2 Å². The average Bonchev–Trinajstić information content (AvgIpc) is 2.63. The third-order valence-electron chi connectivity index (χ3n) is 4.06. The van der Waals surface area contributed by atoms with Crippen LogP contribution < -0.4 is 5.32 Å². The summed E-state index contributed by atoms with van der Waals surface area (Å²) < 4.78 is 0.828. The highest BCUT2D eigenvalue weighted by atomic mass is 32.2. The second-order valence-corrected chi connectivity index (χ2v) is 7.98. The zero-order chi connectivity index (χ0) is 18.7. The minimum Gasteiger partial charge on any atom is -0.319 e. The summed E-state index contributed by atoms with van der Waals surface area (Å²) in [5, 5.41) is 13.9. The number of anilines is 1. The van der Waals surface area contributed by atoms with Gasteiger partial charge in [0.1, 0.15) is 10.1 Å². The summed E-state index contributed by atoms with van der Waals surface area (Å²) in [6.45, 7) is 3.62. The van der Waals surface area contributed by atoms with E-state index in [0.717, 1.165) is 21.4 Å². The van der Waals surface area contributed by atoms with E-state index in [1.165, 1.54) is 23.4 Å². The lowest BCUT2D eigenvalue weighted by Crippen LogP contribution is -2.17. The molecule has 1 heterocycles. The molecule has 2 aromatic rings. The van der Waals surface area contributed by atoms with Crippen LogP contribution in [0.25, 0.3) is 0 Å². The van der Waals surface area contributed by atoms with Crippen LogP contribution in [-0.2, 0) is 10.5 Å². The molecule has 0 saturated heterocycles. The van der Waals surface area contributed by atoms with Gasteiger partial charge in [0, 0.05) is 11.8 Å². The topological polar surface area (TPSA) is 84.6 Å². The molecule has 0 saturated carbocycles. The SMILES string of the molecule is Cc1ccc([N+](=O)[O-])c(NC(=O)CSC2=Nc3ccccc3CS2)c1C. The van der Waals surface area contributed by atoms with Crippen molar-refractivity contribution in [3.8, 4) is 0 Å². The van der Waals surface area contributed by atoms with Crippen molar-refractivity contribution >= 4 is 50.9 Å². The van der Waals surface area contributed by atoms with E-state index in [9.17, 15) is 14.9 Å². The van der Waals surface area contributed by atoms with Crippen molar-refractivity contribution in [3.05, 3.63) is 63.2 Å². The van der Waals surface area contributed by atoms with E-state index in [-0.39, 0.29) is 23.0 Å². The predicted molar refractivity (Wildman–Crippen MR) is 108 cm³/mol. The lowest BCUT2D eigenvalue weighted by atomic mass is 10.1. The molecule has 6 nitrogen and oxygen atoms in total. The number of thioether (sulfide) groups is 2. The Hall–Kier alpha value is -2.32. The van der Waals surface area contributed by atoms with Gasteiger partial charge in [-0.3, -0.25) is 14.9 Å². The Morgan fingerprint density at radius 3 is 2.85 bits per heavy atom. The maximum atomic E-state index is 12.3. The van der Waals surface area contributed by atoms with Gasteiger partial charge < -0.3 is 5.32 Å². The van der Waals surface area contributed by atoms with Gasteiger partial charge in [0.15, 0.2) is 0 Å². The first-order valence-corrected chi connectivity index (χ1v) is 9.89. The summed E-state index contributed by atoms with van der Waals surface area (Å²) in [6.07, 6.45) is 0. The monoisotopic (exact) mass is 387 g/mol. The fraction of sp³-hybridized carbons (Fsp3) is 0.222. The summed E-state index contributed by atoms with van der Waals surface area (Å²) in [5.41, 5.74) is 3.88. The molecule has 26 heavy (non-hydrogen) atoms. The van der Waals surface area contributed by atoms with Gasteiger partial charge >= 0.3 is 0 Å². The molecule has 0 aromatic heterocycles. The minimum atomic E-state index is -0.479. The molecule has 1 aliphatic rings. The number of rotatable bonds is 4. The van der Waals surface area contributed by atoms with E-state index in [4.69, 9.17) is 0 Å². The van der Waals surface area contributed by atoms with Crippen LogP contribution in [0.2, 0.25) is 0 Å². The number of nitro groups is 1. The summed E-state index contributed by atoms with van der Waals surface area (Å²) in [5.74, 6) is 0.693. The number of hydrogen-bond acceptors (Lipinski definition) is 6. The van der Waals surface area contributed by atoms with Crippen LogP contribution in [0, 0.1) is 24.0 Å². The Kier molecular flexibility index (Phi) is 5.63. The van der Waals surface area contributed by atoms with E-state index in [2.05, 4.69) is 10.3 Å². The van der Waals surface area contributed by atoms with Crippen molar-refractivity contribution in [2.75, 3.05) is 11.1 Å². The zero-order valence-corrected chi connectivity index (χ0v) is 15.9. The summed E-state index contributed by atoms with van der Waals surface area (Å²) in [6, 6.07) is 11.0. The smallest absolute Gasteiger partial charge is 0.293 e. The Balaban J connectivity index is 1.68. The number of benzene rings is 2. The number of aryl methyl sites for hydroxylation is 1. The van der Waals surface area contributed by atoms with Crippen LogP contribution in [0.1, 0.15) is 16.7 Å². The normalized spacial score (nSPS) is 12.9. The number of carbonyl (C=O) groups is 1. The lowest BCUT2D eigenvalue weighted by molar-refractivity contribution is -0.384. The number of fused-ring (bicyclic) bond motifs is 1. The number of nitrogens with one attached hydrogen (secondary N) is 1. The Morgan fingerprint density at radius 1 is 1.31 bits per heavy atom. The molecule has 1 N–H and O–H groups in total. The van der Waals surface area contributed by atoms with Crippen molar-refractivity contribution < 1.29 is 9.72 Å². The quantitative estimate of drug-likeness (QED) is 0.601. The highest BCUT2D eigenvalue weighted by Crippen LogP contribution is 2.35. The van der Waals surface area contributed by atoms with Gasteiger partial charge in [-0.05, 0) is 36.6 Å². The van der Waals surface area contributed by atoms with Gasteiger partial charge in [-0.15, -0.1) is 0 Å². The molecule has 0 radical (unpaired) electrons. The maximum Gasteiger partial charge on any atom is 0.293 e. The molecule has 0 spiro atoms. The molecular weight excluding hydrogens is 370 g/mol. The van der Waals surface area contributed by atoms with Crippen LogP contribution in [0.3, 0.4) is 0 Å². The molecule has 1 amide bonds. The molecule has 0 aliphatic carbocycles. The maximum absolute atomic E-state index is 12.3. The molecule has 1 aliphatic heterocycles. The standard InChI is InChI=1S/C18H17N3O3S2/c1-11-7-8-15(21(23)24)17(12(11)2)20-16(22)10-26-18-19-14-6-4-3-5-13(14)9-25-18/h3-8H,9-10H2,1-2H3,(H,20,22). The van der Waals surface area contributed by atoms with Gasteiger partial charge in [0.2, 0.25) is 5.91 Å². The van der Waals surface area contributed by atoms with Crippen molar-refractivity contribution in [2.24, 2.45) is 4.99 Å². The zero-order valence-electron chi connectivity index (χ0n) is 14.3. The van der Waals surface area contributed by atoms with Crippen molar-refractivity contribution in [2.45, 2.75) is 19.6 Å². The lowest BCUT2D eigenvalue weighted by Gasteiger charge is -2.14. The number of carbonyl (C=O) groups excluding carboxylic acids is 1. The van der Waals surface area contributed by atoms with Crippen molar-refractivity contribution in [3.63, 3.8) is 0 Å². The fourth-order valence-electron chi connectivity index (χ4n) is 2.50. The average molecular weight is 387 g/mol. The molecule has 2 aromatic carbocycles. The van der Waals surface area contributed by atoms with Gasteiger partial charge in [-0.2, -0.15) is 0 Å². The van der Waals surface area contributed by atoms with Crippen LogP contribution in [0.5, 0.6) is 0 Å². The molecule has 3 rings (SSSR count). The van der Waals surface area contributed by atoms with E-state index >= 15 is 0 Å². The van der Waals surface area contributed by atoms with Crippen molar-refractivity contribution in [1.82, 2.24) is 0 Å².